The number of nitrogens with zero attached hydrogens (tertiary/aromatic N) is 3. The van der Waals surface area contributed by atoms with E-state index in [1.165, 1.54) is 6.42 Å². The lowest BCUT2D eigenvalue weighted by Gasteiger charge is -2.45. The van der Waals surface area contributed by atoms with Gasteiger partial charge >= 0.3 is 5.97 Å². The van der Waals surface area contributed by atoms with Crippen molar-refractivity contribution in [2.24, 2.45) is 21.5 Å². The molecule has 1 saturated carbocycles. The van der Waals surface area contributed by atoms with Crippen molar-refractivity contribution in [2.75, 3.05) is 11.5 Å². The smallest absolute Gasteiger partial charge is 0.338 e. The Hall–Kier alpha value is -2.57. The maximum Gasteiger partial charge on any atom is 0.338 e. The molecule has 7 nitrogen and oxygen atoms in total. The molecular formula is C20H29N5O2. The number of ether oxygens (including phenoxy) is 1. The molecule has 1 aromatic rings. The number of aliphatic imine (C=N–C) groups is 2. The SMILES string of the molecule is CCCCCOC(=O)c1ccc(N2C(N)=NC(N)=NC23CCCCC3)cc1. The Morgan fingerprint density at radius 2 is 1.85 bits per heavy atom. The van der Waals surface area contributed by atoms with Gasteiger partial charge < -0.3 is 16.2 Å². The number of carbonyl (C=O) groups is 1. The van der Waals surface area contributed by atoms with Crippen LogP contribution in [0.3, 0.4) is 0 Å². The van der Waals surface area contributed by atoms with E-state index >= 15 is 0 Å². The van der Waals surface area contributed by atoms with Crippen LogP contribution >= 0.6 is 0 Å². The third kappa shape index (κ3) is 4.23. The van der Waals surface area contributed by atoms with E-state index in [1.807, 2.05) is 17.0 Å². The molecule has 146 valence electrons. The highest BCUT2D eigenvalue weighted by Crippen LogP contribution is 2.39. The van der Waals surface area contributed by atoms with E-state index in [0.29, 0.717) is 18.1 Å². The van der Waals surface area contributed by atoms with Crippen molar-refractivity contribution in [1.82, 2.24) is 0 Å². The second kappa shape index (κ2) is 8.41. The Labute approximate surface area is 160 Å². The molecule has 1 heterocycles. The van der Waals surface area contributed by atoms with Crippen LogP contribution in [0.4, 0.5) is 5.69 Å². The van der Waals surface area contributed by atoms with Gasteiger partial charge in [-0.25, -0.2) is 9.79 Å². The van der Waals surface area contributed by atoms with Gasteiger partial charge in [-0.05, 0) is 56.4 Å². The Balaban J connectivity index is 1.77. The van der Waals surface area contributed by atoms with Crippen molar-refractivity contribution >= 4 is 23.6 Å². The second-order valence-corrected chi connectivity index (χ2v) is 7.21. The summed E-state index contributed by atoms with van der Waals surface area (Å²) in [4.78, 5) is 23.0. The maximum absolute atomic E-state index is 12.2. The fourth-order valence-electron chi connectivity index (χ4n) is 3.84. The van der Waals surface area contributed by atoms with E-state index in [9.17, 15) is 4.79 Å². The summed E-state index contributed by atoms with van der Waals surface area (Å²) in [6, 6.07) is 7.28. The minimum absolute atomic E-state index is 0.234. The molecule has 7 heteroatoms. The number of hydrogen-bond donors (Lipinski definition) is 2. The van der Waals surface area contributed by atoms with E-state index < -0.39 is 5.66 Å². The molecule has 0 bridgehead atoms. The fraction of sp³-hybridized carbons (Fsp3) is 0.550. The molecule has 2 aliphatic rings. The van der Waals surface area contributed by atoms with Crippen LogP contribution in [-0.4, -0.2) is 30.2 Å². The Kier molecular flexibility index (Phi) is 5.98. The molecule has 0 unspecified atom stereocenters. The molecule has 4 N–H and O–H groups in total. The molecule has 0 atom stereocenters. The van der Waals surface area contributed by atoms with Crippen molar-refractivity contribution in [3.63, 3.8) is 0 Å². The highest BCUT2D eigenvalue weighted by Gasteiger charge is 2.42. The standard InChI is InChI=1S/C20H29N5O2/c1-2-3-7-14-27-17(26)15-8-10-16(11-9-15)25-19(22)23-18(21)24-20(25)12-5-4-6-13-20/h8-11H,2-7,12-14H2,1H3,(H4,21,22,23,24). The number of unbranched alkanes of at least 4 members (excludes halogenated alkanes) is 2. The molecule has 1 spiro atoms. The van der Waals surface area contributed by atoms with Gasteiger partial charge in [0.25, 0.3) is 0 Å². The van der Waals surface area contributed by atoms with Gasteiger partial charge in [-0.1, -0.05) is 26.2 Å². The molecule has 1 aliphatic heterocycles. The monoisotopic (exact) mass is 371 g/mol. The molecule has 0 radical (unpaired) electrons. The average molecular weight is 371 g/mol. The van der Waals surface area contributed by atoms with Gasteiger partial charge in [-0.15, -0.1) is 0 Å². The van der Waals surface area contributed by atoms with E-state index in [1.54, 1.807) is 12.1 Å². The van der Waals surface area contributed by atoms with E-state index in [4.69, 9.17) is 16.2 Å². The van der Waals surface area contributed by atoms with E-state index in [2.05, 4.69) is 16.9 Å². The van der Waals surface area contributed by atoms with Crippen LogP contribution in [0.5, 0.6) is 0 Å². The zero-order chi connectivity index (χ0) is 19.3. The predicted molar refractivity (Wildman–Crippen MR) is 108 cm³/mol. The van der Waals surface area contributed by atoms with Crippen LogP contribution in [0.25, 0.3) is 0 Å². The normalized spacial score (nSPS) is 18.8. The topological polar surface area (TPSA) is 106 Å². The minimum atomic E-state index is -0.476. The summed E-state index contributed by atoms with van der Waals surface area (Å²) in [5.74, 6) is 0.282. The van der Waals surface area contributed by atoms with Gasteiger partial charge in [0.05, 0.1) is 12.2 Å². The number of rotatable bonds is 6. The third-order valence-corrected chi connectivity index (χ3v) is 5.19. The molecule has 1 aromatic carbocycles. The summed E-state index contributed by atoms with van der Waals surface area (Å²) in [6.45, 7) is 2.57. The van der Waals surface area contributed by atoms with Crippen molar-refractivity contribution in [1.29, 1.82) is 0 Å². The quantitative estimate of drug-likeness (QED) is 0.590. The zero-order valence-corrected chi connectivity index (χ0v) is 16.0. The van der Waals surface area contributed by atoms with E-state index in [0.717, 1.165) is 50.6 Å². The molecule has 0 aromatic heterocycles. The third-order valence-electron chi connectivity index (χ3n) is 5.19. The fourth-order valence-corrected chi connectivity index (χ4v) is 3.84. The maximum atomic E-state index is 12.2. The van der Waals surface area contributed by atoms with Crippen LogP contribution in [0, 0.1) is 0 Å². The van der Waals surface area contributed by atoms with Gasteiger partial charge in [-0.2, -0.15) is 4.99 Å². The highest BCUT2D eigenvalue weighted by molar-refractivity contribution is 6.05. The first-order valence-electron chi connectivity index (χ1n) is 9.83. The Morgan fingerprint density at radius 1 is 1.15 bits per heavy atom. The summed E-state index contributed by atoms with van der Waals surface area (Å²) >= 11 is 0. The molecule has 0 saturated heterocycles. The van der Waals surface area contributed by atoms with Crippen LogP contribution in [-0.2, 0) is 4.74 Å². The zero-order valence-electron chi connectivity index (χ0n) is 16.0. The number of anilines is 1. The molecule has 1 fully saturated rings. The van der Waals surface area contributed by atoms with Gasteiger partial charge in [0.1, 0.15) is 5.66 Å². The van der Waals surface area contributed by atoms with Gasteiger partial charge in [0.15, 0.2) is 0 Å². The number of benzene rings is 1. The predicted octanol–water partition coefficient (Wildman–Crippen LogP) is 3.14. The van der Waals surface area contributed by atoms with Crippen LogP contribution in [0.1, 0.15) is 68.6 Å². The van der Waals surface area contributed by atoms with E-state index in [-0.39, 0.29) is 11.9 Å². The Morgan fingerprint density at radius 3 is 2.52 bits per heavy atom. The van der Waals surface area contributed by atoms with Crippen molar-refractivity contribution in [2.45, 2.75) is 64.0 Å². The summed E-state index contributed by atoms with van der Waals surface area (Å²) in [5.41, 5.74) is 13.0. The number of hydrogen-bond acceptors (Lipinski definition) is 7. The molecule has 27 heavy (non-hydrogen) atoms. The van der Waals surface area contributed by atoms with Gasteiger partial charge in [0.2, 0.25) is 11.9 Å². The lowest BCUT2D eigenvalue weighted by atomic mass is 9.87. The number of guanidine groups is 2. The van der Waals surface area contributed by atoms with Gasteiger partial charge in [-0.3, -0.25) is 4.90 Å². The number of nitrogens with two attached hydrogens (primary N) is 2. The molecule has 1 aliphatic carbocycles. The van der Waals surface area contributed by atoms with Crippen molar-refractivity contribution < 1.29 is 9.53 Å². The second-order valence-electron chi connectivity index (χ2n) is 7.21. The first-order valence-corrected chi connectivity index (χ1v) is 9.83. The average Bonchev–Trinajstić information content (AvgIpc) is 2.65. The lowest BCUT2D eigenvalue weighted by Crippen LogP contribution is -2.58. The lowest BCUT2D eigenvalue weighted by molar-refractivity contribution is 0.0498. The minimum Gasteiger partial charge on any atom is -0.462 e. The highest BCUT2D eigenvalue weighted by atomic mass is 16.5. The molecule has 3 rings (SSSR count). The summed E-state index contributed by atoms with van der Waals surface area (Å²) in [5, 5.41) is 0. The summed E-state index contributed by atoms with van der Waals surface area (Å²) < 4.78 is 5.32. The summed E-state index contributed by atoms with van der Waals surface area (Å²) in [6.07, 6.45) is 8.14. The van der Waals surface area contributed by atoms with Crippen LogP contribution < -0.4 is 16.4 Å². The summed E-state index contributed by atoms with van der Waals surface area (Å²) in [7, 11) is 0. The molecule has 0 amide bonds. The molecular weight excluding hydrogens is 342 g/mol. The number of esters is 1. The first-order chi connectivity index (χ1) is 13.1. The largest absolute Gasteiger partial charge is 0.462 e. The first kappa shape index (κ1) is 19.2. The Bertz CT molecular complexity index is 720. The van der Waals surface area contributed by atoms with Crippen LogP contribution in [0.2, 0.25) is 0 Å². The van der Waals surface area contributed by atoms with Crippen molar-refractivity contribution in [3.05, 3.63) is 29.8 Å². The van der Waals surface area contributed by atoms with Crippen LogP contribution in [0.15, 0.2) is 34.3 Å². The number of carbonyl (C=O) groups excluding carboxylic acids is 1. The van der Waals surface area contributed by atoms with Crippen molar-refractivity contribution in [3.8, 4) is 0 Å². The van der Waals surface area contributed by atoms with Gasteiger partial charge in [0, 0.05) is 5.69 Å².